The maximum absolute atomic E-state index is 13.5. The Morgan fingerprint density at radius 3 is 2.48 bits per heavy atom. The van der Waals surface area contributed by atoms with Crippen LogP contribution in [0.25, 0.3) is 0 Å². The highest BCUT2D eigenvalue weighted by atomic mass is 32.1. The molecule has 172 valence electrons. The number of aryl methyl sites for hydroxylation is 4. The number of anilines is 1. The molecule has 1 aliphatic rings. The molecule has 33 heavy (non-hydrogen) atoms. The molecular formula is C28H32N2O2S. The van der Waals surface area contributed by atoms with Crippen LogP contribution in [0.3, 0.4) is 0 Å². The molecule has 0 unspecified atom stereocenters. The number of thiophene rings is 1. The standard InChI is InChI=1S/C28H32N2O2S/c1-18-11-13-22(15-19(18)2)30-27(31)26-24-9-7-5-6-8-10-25(24)33-28(26)29-17-21-12-14-23(32-4)16-20(21)3/h11-17H,5-10H2,1-4H3,(H,30,31). The fourth-order valence-corrected chi connectivity index (χ4v) is 5.52. The van der Waals surface area contributed by atoms with Gasteiger partial charge in [0.1, 0.15) is 10.8 Å². The number of benzene rings is 2. The monoisotopic (exact) mass is 460 g/mol. The summed E-state index contributed by atoms with van der Waals surface area (Å²) in [5, 5.41) is 3.95. The van der Waals surface area contributed by atoms with E-state index in [1.807, 2.05) is 43.5 Å². The van der Waals surface area contributed by atoms with E-state index in [1.54, 1.807) is 18.4 Å². The lowest BCUT2D eigenvalue weighted by molar-refractivity contribution is 0.102. The number of fused-ring (bicyclic) bond motifs is 1. The number of nitrogens with zero attached hydrogens (tertiary/aromatic N) is 1. The third-order valence-electron chi connectivity index (χ3n) is 6.44. The van der Waals surface area contributed by atoms with Gasteiger partial charge in [-0.15, -0.1) is 11.3 Å². The van der Waals surface area contributed by atoms with Crippen molar-refractivity contribution in [3.05, 3.63) is 74.7 Å². The quantitative estimate of drug-likeness (QED) is 0.405. The Morgan fingerprint density at radius 2 is 1.76 bits per heavy atom. The van der Waals surface area contributed by atoms with Gasteiger partial charge < -0.3 is 10.1 Å². The molecule has 0 fully saturated rings. The van der Waals surface area contributed by atoms with Crippen LogP contribution in [0.2, 0.25) is 0 Å². The van der Waals surface area contributed by atoms with Crippen LogP contribution in [-0.2, 0) is 12.8 Å². The van der Waals surface area contributed by atoms with E-state index in [9.17, 15) is 4.79 Å². The van der Waals surface area contributed by atoms with Gasteiger partial charge in [0, 0.05) is 16.8 Å². The Bertz CT molecular complexity index is 1190. The second-order valence-electron chi connectivity index (χ2n) is 8.83. The summed E-state index contributed by atoms with van der Waals surface area (Å²) in [6, 6.07) is 12.0. The molecule has 0 aliphatic heterocycles. The number of amides is 1. The molecule has 3 aromatic rings. The summed E-state index contributed by atoms with van der Waals surface area (Å²) in [4.78, 5) is 19.7. The molecule has 1 heterocycles. The average Bonchev–Trinajstić information content (AvgIpc) is 3.11. The summed E-state index contributed by atoms with van der Waals surface area (Å²) in [5.41, 5.74) is 7.27. The van der Waals surface area contributed by atoms with Gasteiger partial charge in [0.05, 0.1) is 12.7 Å². The smallest absolute Gasteiger partial charge is 0.259 e. The summed E-state index contributed by atoms with van der Waals surface area (Å²) in [5.74, 6) is 0.770. The van der Waals surface area contributed by atoms with Gasteiger partial charge in [-0.1, -0.05) is 18.9 Å². The number of hydrogen-bond acceptors (Lipinski definition) is 4. The third-order valence-corrected chi connectivity index (χ3v) is 7.64. The van der Waals surface area contributed by atoms with Crippen molar-refractivity contribution in [3.8, 4) is 5.75 Å². The highest BCUT2D eigenvalue weighted by Gasteiger charge is 2.24. The van der Waals surface area contributed by atoms with Crippen molar-refractivity contribution >= 4 is 34.1 Å². The molecule has 0 saturated carbocycles. The molecule has 0 saturated heterocycles. The summed E-state index contributed by atoms with van der Waals surface area (Å²) < 4.78 is 5.32. The molecule has 0 radical (unpaired) electrons. The normalized spacial score (nSPS) is 13.9. The van der Waals surface area contributed by atoms with Crippen LogP contribution in [-0.4, -0.2) is 19.2 Å². The molecule has 2 aromatic carbocycles. The fourth-order valence-electron chi connectivity index (χ4n) is 4.29. The van der Waals surface area contributed by atoms with Gasteiger partial charge in [0.2, 0.25) is 0 Å². The third kappa shape index (κ3) is 5.36. The Morgan fingerprint density at radius 1 is 0.970 bits per heavy atom. The molecule has 4 nitrogen and oxygen atoms in total. The largest absolute Gasteiger partial charge is 0.497 e. The second-order valence-corrected chi connectivity index (χ2v) is 9.92. The molecular weight excluding hydrogens is 428 g/mol. The second kappa shape index (κ2) is 10.3. The van der Waals surface area contributed by atoms with Crippen LogP contribution in [0.1, 0.15) is 68.7 Å². The van der Waals surface area contributed by atoms with E-state index in [4.69, 9.17) is 9.73 Å². The molecule has 1 N–H and O–H groups in total. The lowest BCUT2D eigenvalue weighted by atomic mass is 9.96. The number of carbonyl (C=O) groups is 1. The average molecular weight is 461 g/mol. The van der Waals surface area contributed by atoms with Gasteiger partial charge >= 0.3 is 0 Å². The Kier molecular flexibility index (Phi) is 7.29. The highest BCUT2D eigenvalue weighted by molar-refractivity contribution is 7.16. The van der Waals surface area contributed by atoms with Crippen LogP contribution in [0.15, 0.2) is 41.4 Å². The predicted molar refractivity (Wildman–Crippen MR) is 139 cm³/mol. The number of aliphatic imine (C=N–C) groups is 1. The molecule has 5 heteroatoms. The van der Waals surface area contributed by atoms with E-state index in [2.05, 4.69) is 25.2 Å². The summed E-state index contributed by atoms with van der Waals surface area (Å²) >= 11 is 1.68. The maximum atomic E-state index is 13.5. The first-order chi connectivity index (χ1) is 16.0. The zero-order valence-corrected chi connectivity index (χ0v) is 20.8. The summed E-state index contributed by atoms with van der Waals surface area (Å²) in [6.07, 6.45) is 8.61. The summed E-state index contributed by atoms with van der Waals surface area (Å²) in [6.45, 7) is 6.19. The van der Waals surface area contributed by atoms with E-state index in [-0.39, 0.29) is 5.91 Å². The van der Waals surface area contributed by atoms with Crippen molar-refractivity contribution in [1.82, 2.24) is 0 Å². The highest BCUT2D eigenvalue weighted by Crippen LogP contribution is 2.39. The Balaban J connectivity index is 1.70. The van der Waals surface area contributed by atoms with Crippen molar-refractivity contribution in [2.75, 3.05) is 12.4 Å². The number of hydrogen-bond donors (Lipinski definition) is 1. The number of carbonyl (C=O) groups excluding carboxylic acids is 1. The van der Waals surface area contributed by atoms with Crippen LogP contribution in [0, 0.1) is 20.8 Å². The van der Waals surface area contributed by atoms with Gasteiger partial charge in [0.25, 0.3) is 5.91 Å². The zero-order chi connectivity index (χ0) is 23.4. The van der Waals surface area contributed by atoms with Gasteiger partial charge in [-0.2, -0.15) is 0 Å². The molecule has 0 bridgehead atoms. The number of nitrogens with one attached hydrogen (secondary N) is 1. The number of methoxy groups -OCH3 is 1. The van der Waals surface area contributed by atoms with Gasteiger partial charge in [-0.05, 0) is 105 Å². The molecule has 1 aliphatic carbocycles. The van der Waals surface area contributed by atoms with Crippen molar-refractivity contribution in [3.63, 3.8) is 0 Å². The van der Waals surface area contributed by atoms with Crippen LogP contribution < -0.4 is 10.1 Å². The molecule has 4 rings (SSSR count). The van der Waals surface area contributed by atoms with Crippen LogP contribution >= 0.6 is 11.3 Å². The van der Waals surface area contributed by atoms with Gasteiger partial charge in [-0.3, -0.25) is 4.79 Å². The minimum absolute atomic E-state index is 0.0603. The maximum Gasteiger partial charge on any atom is 0.259 e. The van der Waals surface area contributed by atoms with Crippen molar-refractivity contribution in [2.45, 2.75) is 59.3 Å². The fraction of sp³-hybridized carbons (Fsp3) is 0.357. The van der Waals surface area contributed by atoms with Crippen LogP contribution in [0.5, 0.6) is 5.75 Å². The predicted octanol–water partition coefficient (Wildman–Crippen LogP) is 7.34. The van der Waals surface area contributed by atoms with Crippen molar-refractivity contribution in [2.24, 2.45) is 4.99 Å². The lowest BCUT2D eigenvalue weighted by Gasteiger charge is -2.12. The van der Waals surface area contributed by atoms with Gasteiger partial charge in [-0.25, -0.2) is 4.99 Å². The SMILES string of the molecule is COc1ccc(C=Nc2sc3c(c2C(=O)Nc2ccc(C)c(C)c2)CCCCCC3)c(C)c1. The lowest BCUT2D eigenvalue weighted by Crippen LogP contribution is -2.14. The van der Waals surface area contributed by atoms with E-state index >= 15 is 0 Å². The van der Waals surface area contributed by atoms with Crippen molar-refractivity contribution < 1.29 is 9.53 Å². The van der Waals surface area contributed by atoms with E-state index < -0.39 is 0 Å². The molecule has 0 spiro atoms. The first-order valence-corrected chi connectivity index (χ1v) is 12.5. The Labute approximate surface area is 200 Å². The molecule has 0 atom stereocenters. The molecule has 1 amide bonds. The number of ether oxygens (including phenoxy) is 1. The van der Waals surface area contributed by atoms with Gasteiger partial charge in [0.15, 0.2) is 0 Å². The minimum atomic E-state index is -0.0603. The van der Waals surface area contributed by atoms with Crippen molar-refractivity contribution in [1.29, 1.82) is 0 Å². The minimum Gasteiger partial charge on any atom is -0.497 e. The topological polar surface area (TPSA) is 50.7 Å². The first kappa shape index (κ1) is 23.2. The Hall–Kier alpha value is -2.92. The van der Waals surface area contributed by atoms with E-state index in [0.29, 0.717) is 0 Å². The zero-order valence-electron chi connectivity index (χ0n) is 20.0. The number of rotatable bonds is 5. The summed E-state index contributed by atoms with van der Waals surface area (Å²) in [7, 11) is 1.67. The molecule has 1 aromatic heterocycles. The first-order valence-electron chi connectivity index (χ1n) is 11.7. The van der Waals surface area contributed by atoms with E-state index in [1.165, 1.54) is 40.8 Å². The van der Waals surface area contributed by atoms with E-state index in [0.717, 1.165) is 52.4 Å². The van der Waals surface area contributed by atoms with Crippen LogP contribution in [0.4, 0.5) is 10.7 Å².